The van der Waals surface area contributed by atoms with Gasteiger partial charge < -0.3 is 5.73 Å². The Labute approximate surface area is 145 Å². The van der Waals surface area contributed by atoms with Gasteiger partial charge in [0.1, 0.15) is 5.82 Å². The smallest absolute Gasteiger partial charge is 0.146 e. The number of halogens is 1. The van der Waals surface area contributed by atoms with E-state index in [4.69, 9.17) is 11.0 Å². The quantitative estimate of drug-likeness (QED) is 0.468. The van der Waals surface area contributed by atoms with Crippen molar-refractivity contribution in [2.24, 2.45) is 0 Å². The van der Waals surface area contributed by atoms with E-state index in [1.807, 2.05) is 26.8 Å². The van der Waals surface area contributed by atoms with Gasteiger partial charge in [-0.25, -0.2) is 13.3 Å². The normalized spacial score (nSPS) is 14.5. The van der Waals surface area contributed by atoms with E-state index in [9.17, 15) is 8.60 Å². The summed E-state index contributed by atoms with van der Waals surface area (Å²) in [6.07, 6.45) is 3.09. The third-order valence-electron chi connectivity index (χ3n) is 3.19. The number of nitrogens with zero attached hydrogens (tertiary/aromatic N) is 1. The van der Waals surface area contributed by atoms with Crippen molar-refractivity contribution in [1.29, 1.82) is 5.26 Å². The maximum absolute atomic E-state index is 13.5. The van der Waals surface area contributed by atoms with Crippen LogP contribution in [0.1, 0.15) is 32.4 Å². The van der Waals surface area contributed by atoms with Gasteiger partial charge in [0.05, 0.1) is 33.5 Å². The maximum atomic E-state index is 13.5. The lowest BCUT2D eigenvalue weighted by atomic mass is 9.97. The molecule has 6 heteroatoms. The highest BCUT2D eigenvalue weighted by Gasteiger charge is 2.25. The predicted octanol–water partition coefficient (Wildman–Crippen LogP) is 3.69. The van der Waals surface area contributed by atoms with E-state index in [-0.39, 0.29) is 11.3 Å². The van der Waals surface area contributed by atoms with Crippen LogP contribution in [-0.2, 0) is 11.0 Å². The van der Waals surface area contributed by atoms with E-state index in [0.717, 1.165) is 0 Å². The van der Waals surface area contributed by atoms with E-state index in [2.05, 4.69) is 17.9 Å². The standard InChI is InChI=1S/C18H22FN3OS/c1-6-13(9-12(2)11-20)17(22-24(23)18(3,4)5)14-7-8-15(19)16(21)10-14/h6-10,17,22H,1-2,21H2,3-5H3/b13-9+/t17-,24+/m1/s1. The molecule has 4 nitrogen and oxygen atoms in total. The minimum absolute atomic E-state index is 0.0108. The lowest BCUT2D eigenvalue weighted by Gasteiger charge is -2.26. The van der Waals surface area contributed by atoms with Crippen molar-refractivity contribution in [3.8, 4) is 6.07 Å². The van der Waals surface area contributed by atoms with E-state index in [0.29, 0.717) is 11.1 Å². The zero-order valence-electron chi connectivity index (χ0n) is 14.1. The molecule has 0 fully saturated rings. The lowest BCUT2D eigenvalue weighted by Crippen LogP contribution is -2.36. The molecule has 1 rings (SSSR count). The Hall–Kier alpha value is -2.23. The molecule has 128 valence electrons. The summed E-state index contributed by atoms with van der Waals surface area (Å²) in [4.78, 5) is 0. The van der Waals surface area contributed by atoms with Crippen LogP contribution in [0.4, 0.5) is 10.1 Å². The van der Waals surface area contributed by atoms with Crippen LogP contribution in [0.2, 0.25) is 0 Å². The minimum Gasteiger partial charge on any atom is -0.396 e. The Kier molecular flexibility index (Phi) is 6.64. The first kappa shape index (κ1) is 19.8. The van der Waals surface area contributed by atoms with E-state index in [1.54, 1.807) is 18.2 Å². The molecule has 0 heterocycles. The third kappa shape index (κ3) is 5.15. The average molecular weight is 347 g/mol. The van der Waals surface area contributed by atoms with Crippen LogP contribution in [0.5, 0.6) is 0 Å². The number of nitrogens with two attached hydrogens (primary N) is 1. The Morgan fingerprint density at radius 1 is 1.50 bits per heavy atom. The Balaban J connectivity index is 3.40. The number of nitrogen functional groups attached to an aromatic ring is 1. The fraction of sp³-hybridized carbons (Fsp3) is 0.278. The molecule has 0 unspecified atom stereocenters. The van der Waals surface area contributed by atoms with Crippen LogP contribution < -0.4 is 10.5 Å². The summed E-state index contributed by atoms with van der Waals surface area (Å²) in [6, 6.07) is 5.63. The first-order valence-electron chi connectivity index (χ1n) is 7.26. The summed E-state index contributed by atoms with van der Waals surface area (Å²) in [7, 11) is -1.40. The molecule has 24 heavy (non-hydrogen) atoms. The van der Waals surface area contributed by atoms with Gasteiger partial charge in [-0.1, -0.05) is 25.3 Å². The molecule has 2 atom stereocenters. The topological polar surface area (TPSA) is 78.9 Å². The van der Waals surface area contributed by atoms with Crippen LogP contribution in [0.3, 0.4) is 0 Å². The van der Waals surface area contributed by atoms with Gasteiger partial charge in [-0.05, 0) is 50.1 Å². The van der Waals surface area contributed by atoms with Crippen LogP contribution in [0.15, 0.2) is 54.7 Å². The van der Waals surface area contributed by atoms with E-state index < -0.39 is 27.6 Å². The number of hydrogen-bond donors (Lipinski definition) is 2. The van der Waals surface area contributed by atoms with Gasteiger partial charge in [0.2, 0.25) is 0 Å². The second-order valence-corrected chi connectivity index (χ2v) is 8.20. The molecule has 0 aromatic heterocycles. The van der Waals surface area contributed by atoms with Crippen molar-refractivity contribution in [2.75, 3.05) is 5.73 Å². The molecule has 3 N–H and O–H groups in total. The number of allylic oxidation sites excluding steroid dienone is 2. The number of hydrogen-bond acceptors (Lipinski definition) is 3. The number of nitrogens with one attached hydrogen (secondary N) is 1. The maximum Gasteiger partial charge on any atom is 0.146 e. The van der Waals surface area contributed by atoms with Crippen molar-refractivity contribution >= 4 is 16.7 Å². The summed E-state index contributed by atoms with van der Waals surface area (Å²) in [6.45, 7) is 12.9. The average Bonchev–Trinajstić information content (AvgIpc) is 2.51. The fourth-order valence-electron chi connectivity index (χ4n) is 1.85. The largest absolute Gasteiger partial charge is 0.396 e. The molecule has 0 aliphatic rings. The van der Waals surface area contributed by atoms with Gasteiger partial charge in [-0.3, -0.25) is 0 Å². The summed E-state index contributed by atoms with van der Waals surface area (Å²) in [5.41, 5.74) is 7.07. The van der Waals surface area contributed by atoms with Gasteiger partial charge in [-0.2, -0.15) is 5.26 Å². The molecule has 0 aliphatic carbocycles. The van der Waals surface area contributed by atoms with Crippen molar-refractivity contribution in [3.05, 3.63) is 66.0 Å². The monoisotopic (exact) mass is 347 g/mol. The van der Waals surface area contributed by atoms with Crippen molar-refractivity contribution in [2.45, 2.75) is 31.6 Å². The first-order chi connectivity index (χ1) is 11.1. The zero-order valence-corrected chi connectivity index (χ0v) is 14.9. The van der Waals surface area contributed by atoms with Crippen molar-refractivity contribution < 1.29 is 8.60 Å². The van der Waals surface area contributed by atoms with Gasteiger partial charge in [0.25, 0.3) is 0 Å². The fourth-order valence-corrected chi connectivity index (χ4v) is 2.69. The second kappa shape index (κ2) is 8.04. The molecular weight excluding hydrogens is 325 g/mol. The second-order valence-electron chi connectivity index (χ2n) is 6.20. The highest BCUT2D eigenvalue weighted by Crippen LogP contribution is 2.28. The van der Waals surface area contributed by atoms with Gasteiger partial charge in [-0.15, -0.1) is 0 Å². The lowest BCUT2D eigenvalue weighted by molar-refractivity contribution is 0.620. The minimum atomic E-state index is -1.40. The van der Waals surface area contributed by atoms with Crippen molar-refractivity contribution in [3.63, 3.8) is 0 Å². The highest BCUT2D eigenvalue weighted by molar-refractivity contribution is 7.84. The molecule has 1 aromatic rings. The Morgan fingerprint density at radius 3 is 2.58 bits per heavy atom. The van der Waals surface area contributed by atoms with Crippen LogP contribution in [-0.4, -0.2) is 8.96 Å². The van der Waals surface area contributed by atoms with Crippen LogP contribution in [0, 0.1) is 17.1 Å². The van der Waals surface area contributed by atoms with E-state index >= 15 is 0 Å². The Bertz CT molecular complexity index is 742. The predicted molar refractivity (Wildman–Crippen MR) is 97.6 cm³/mol. The molecule has 0 amide bonds. The molecule has 0 spiro atoms. The zero-order chi connectivity index (χ0) is 18.5. The molecule has 0 saturated heterocycles. The molecule has 0 radical (unpaired) electrons. The van der Waals surface area contributed by atoms with Crippen LogP contribution >= 0.6 is 0 Å². The molecule has 1 aromatic carbocycles. The highest BCUT2D eigenvalue weighted by atomic mass is 32.2. The van der Waals surface area contributed by atoms with Crippen LogP contribution in [0.25, 0.3) is 0 Å². The number of rotatable bonds is 6. The van der Waals surface area contributed by atoms with Gasteiger partial charge in [0, 0.05) is 5.57 Å². The number of benzene rings is 1. The summed E-state index contributed by atoms with van der Waals surface area (Å²) < 4.78 is 28.5. The summed E-state index contributed by atoms with van der Waals surface area (Å²) in [5.74, 6) is -0.528. The van der Waals surface area contributed by atoms with Crippen molar-refractivity contribution in [1.82, 2.24) is 4.72 Å². The SMILES string of the molecule is C=C/C(=C\C(=C)C#N)[C@@H](N[S@@](=O)C(C)(C)C)c1ccc(F)c(N)c1. The summed E-state index contributed by atoms with van der Waals surface area (Å²) in [5, 5.41) is 8.94. The third-order valence-corrected chi connectivity index (χ3v) is 4.75. The van der Waals surface area contributed by atoms with Gasteiger partial charge in [0.15, 0.2) is 0 Å². The number of nitriles is 1. The van der Waals surface area contributed by atoms with E-state index in [1.165, 1.54) is 12.1 Å². The Morgan fingerprint density at radius 2 is 2.12 bits per heavy atom. The molecule has 0 bridgehead atoms. The molecule has 0 aliphatic heterocycles. The molecular formula is C18H22FN3OS. The first-order valence-corrected chi connectivity index (χ1v) is 8.41. The number of anilines is 1. The molecule has 0 saturated carbocycles. The van der Waals surface area contributed by atoms with Gasteiger partial charge >= 0.3 is 0 Å². The summed E-state index contributed by atoms with van der Waals surface area (Å²) >= 11 is 0.